The second-order valence-corrected chi connectivity index (χ2v) is 22.2. The summed E-state index contributed by atoms with van der Waals surface area (Å²) in [4.78, 5) is 32.2. The van der Waals surface area contributed by atoms with Gasteiger partial charge in [-0.2, -0.15) is 9.97 Å². The van der Waals surface area contributed by atoms with E-state index < -0.39 is 42.1 Å². The Kier molecular flexibility index (Phi) is 20.2. The van der Waals surface area contributed by atoms with Crippen molar-refractivity contribution in [3.05, 3.63) is 23.4 Å². The van der Waals surface area contributed by atoms with Gasteiger partial charge in [-0.25, -0.2) is 26.3 Å². The van der Waals surface area contributed by atoms with Crippen molar-refractivity contribution >= 4 is 32.0 Å². The predicted molar refractivity (Wildman–Crippen MR) is 219 cm³/mol. The number of rotatable bonds is 22. The molecule has 0 aromatic carbocycles. The third-order valence-electron chi connectivity index (χ3n) is 10.8. The van der Waals surface area contributed by atoms with Crippen LogP contribution in [0.4, 0.5) is 0 Å². The average molecular weight is 859 g/mol. The first-order valence-corrected chi connectivity index (χ1v) is 24.4. The van der Waals surface area contributed by atoms with Crippen LogP contribution in [-0.2, 0) is 47.5 Å². The maximum atomic E-state index is 12.4. The number of hydrogen-bond acceptors (Lipinski definition) is 13. The summed E-state index contributed by atoms with van der Waals surface area (Å²) in [6.07, 6.45) is 18.7. The molecule has 0 amide bonds. The zero-order valence-corrected chi connectivity index (χ0v) is 37.5. The standard InChI is InChI=1S/C22H39N3O5S.C18H31N3O5S/c1-16(2)31(27,28)23-15-19-24-21(30-25-19)18(14-20(26)29-22(3,4)5)13-9-12-17-10-7-6-8-11-17;1-13(2)27(24,25)19-12-16-20-18(26-21-16)15(11-17(22)23)10-6-9-14-7-4-3-5-8-14/h16-18,23H,6-15H2,1-5H3;13-15,19H,3-12H2,1-2H3,(H,22,23)/t18-;15-/m11/s1. The molecule has 2 atom stereocenters. The molecule has 2 aromatic rings. The summed E-state index contributed by atoms with van der Waals surface area (Å²) < 4.78 is 68.6. The van der Waals surface area contributed by atoms with Crippen molar-refractivity contribution in [1.82, 2.24) is 29.7 Å². The number of carboxylic acids is 1. The second kappa shape index (κ2) is 23.7. The van der Waals surface area contributed by atoms with Crippen LogP contribution in [0.1, 0.15) is 199 Å². The minimum absolute atomic E-state index is 0.0365. The molecule has 2 aliphatic rings. The number of aliphatic carboxylic acids is 1. The number of hydrogen-bond donors (Lipinski definition) is 3. The molecule has 332 valence electrons. The molecular weight excluding hydrogens is 789 g/mol. The van der Waals surface area contributed by atoms with Gasteiger partial charge in [0, 0.05) is 11.8 Å². The number of carbonyl (C=O) groups is 2. The van der Waals surface area contributed by atoms with E-state index in [0.717, 1.165) is 43.9 Å². The highest BCUT2D eigenvalue weighted by molar-refractivity contribution is 7.90. The largest absolute Gasteiger partial charge is 0.481 e. The average Bonchev–Trinajstić information content (AvgIpc) is 3.83. The number of aromatic nitrogens is 4. The summed E-state index contributed by atoms with van der Waals surface area (Å²) in [5.41, 5.74) is -0.557. The predicted octanol–water partition coefficient (Wildman–Crippen LogP) is 7.67. The first-order valence-electron chi connectivity index (χ1n) is 21.3. The van der Waals surface area contributed by atoms with Gasteiger partial charge in [0.25, 0.3) is 0 Å². The zero-order valence-electron chi connectivity index (χ0n) is 35.8. The molecule has 18 heteroatoms. The Morgan fingerprint density at radius 1 is 0.707 bits per heavy atom. The highest BCUT2D eigenvalue weighted by Gasteiger charge is 2.28. The lowest BCUT2D eigenvalue weighted by molar-refractivity contribution is -0.155. The van der Waals surface area contributed by atoms with E-state index in [-0.39, 0.29) is 61.3 Å². The lowest BCUT2D eigenvalue weighted by Crippen LogP contribution is -2.30. The van der Waals surface area contributed by atoms with E-state index in [1.54, 1.807) is 27.7 Å². The van der Waals surface area contributed by atoms with Gasteiger partial charge in [0.1, 0.15) is 5.60 Å². The molecule has 16 nitrogen and oxygen atoms in total. The molecule has 4 rings (SSSR count). The van der Waals surface area contributed by atoms with Crippen molar-refractivity contribution in [1.29, 1.82) is 0 Å². The highest BCUT2D eigenvalue weighted by Crippen LogP contribution is 2.33. The second-order valence-electron chi connectivity index (χ2n) is 17.6. The fraction of sp³-hybridized carbons (Fsp3) is 0.850. The Balaban J connectivity index is 0.000000313. The fourth-order valence-corrected chi connectivity index (χ4v) is 8.68. The molecule has 2 aromatic heterocycles. The molecule has 0 unspecified atom stereocenters. The highest BCUT2D eigenvalue weighted by atomic mass is 32.2. The Morgan fingerprint density at radius 2 is 1.10 bits per heavy atom. The Hall–Kier alpha value is -2.96. The van der Waals surface area contributed by atoms with Crippen LogP contribution in [-0.4, -0.2) is 70.3 Å². The molecular formula is C40H70N6O10S2. The molecule has 0 bridgehead atoms. The summed E-state index contributed by atoms with van der Waals surface area (Å²) in [5, 5.41) is 15.8. The maximum Gasteiger partial charge on any atom is 0.307 e. The monoisotopic (exact) mass is 858 g/mol. The first kappa shape index (κ1) is 49.4. The van der Waals surface area contributed by atoms with Crippen LogP contribution >= 0.6 is 0 Å². The molecule has 58 heavy (non-hydrogen) atoms. The van der Waals surface area contributed by atoms with E-state index in [4.69, 9.17) is 13.8 Å². The van der Waals surface area contributed by atoms with Gasteiger partial charge in [-0.05, 0) is 73.1 Å². The van der Waals surface area contributed by atoms with Gasteiger partial charge in [-0.3, -0.25) is 9.59 Å². The molecule has 3 N–H and O–H groups in total. The quantitative estimate of drug-likeness (QED) is 0.0965. The summed E-state index contributed by atoms with van der Waals surface area (Å²) in [6.45, 7) is 11.8. The third kappa shape index (κ3) is 18.5. The van der Waals surface area contributed by atoms with Crippen LogP contribution in [0.5, 0.6) is 0 Å². The van der Waals surface area contributed by atoms with Crippen molar-refractivity contribution in [3.8, 4) is 0 Å². The zero-order chi connectivity index (χ0) is 42.9. The number of nitrogens with zero attached hydrogens (tertiary/aromatic N) is 4. The van der Waals surface area contributed by atoms with Crippen molar-refractivity contribution in [2.75, 3.05) is 0 Å². The summed E-state index contributed by atoms with van der Waals surface area (Å²) in [5.74, 6) is 0.863. The number of carbonyl (C=O) groups excluding carboxylic acids is 1. The molecule has 0 saturated heterocycles. The van der Waals surface area contributed by atoms with Gasteiger partial charge in [-0.1, -0.05) is 100 Å². The van der Waals surface area contributed by atoms with Crippen LogP contribution in [0.3, 0.4) is 0 Å². The minimum atomic E-state index is -3.42. The van der Waals surface area contributed by atoms with E-state index in [9.17, 15) is 31.5 Å². The maximum absolute atomic E-state index is 12.4. The van der Waals surface area contributed by atoms with Crippen molar-refractivity contribution < 1.29 is 45.3 Å². The van der Waals surface area contributed by atoms with Gasteiger partial charge < -0.3 is 18.9 Å². The lowest BCUT2D eigenvalue weighted by Gasteiger charge is -2.23. The van der Waals surface area contributed by atoms with E-state index in [0.29, 0.717) is 12.3 Å². The fourth-order valence-electron chi connectivity index (χ4n) is 7.35. The van der Waals surface area contributed by atoms with Gasteiger partial charge in [0.05, 0.1) is 36.4 Å². The normalized spacial score (nSPS) is 17.2. The van der Waals surface area contributed by atoms with Crippen molar-refractivity contribution in [2.24, 2.45) is 11.8 Å². The lowest BCUT2D eigenvalue weighted by atomic mass is 9.84. The molecule has 2 fully saturated rings. The molecule has 0 spiro atoms. The van der Waals surface area contributed by atoms with Crippen LogP contribution in [0.25, 0.3) is 0 Å². The number of carboxylic acid groups (broad SMARTS) is 1. The van der Waals surface area contributed by atoms with Crippen LogP contribution < -0.4 is 9.44 Å². The topological polar surface area (TPSA) is 234 Å². The molecule has 2 aliphatic carbocycles. The molecule has 0 aliphatic heterocycles. The Labute approximate surface area is 346 Å². The molecule has 2 heterocycles. The number of nitrogens with one attached hydrogen (secondary N) is 2. The Bertz CT molecular complexity index is 1740. The summed E-state index contributed by atoms with van der Waals surface area (Å²) in [7, 11) is -6.84. The van der Waals surface area contributed by atoms with E-state index >= 15 is 0 Å². The number of ether oxygens (including phenoxy) is 1. The van der Waals surface area contributed by atoms with Gasteiger partial charge in [0.2, 0.25) is 31.8 Å². The van der Waals surface area contributed by atoms with Crippen molar-refractivity contribution in [2.45, 2.75) is 205 Å². The van der Waals surface area contributed by atoms with Gasteiger partial charge in [0.15, 0.2) is 11.6 Å². The summed E-state index contributed by atoms with van der Waals surface area (Å²) in [6, 6.07) is 0. The molecule has 0 radical (unpaired) electrons. The first-order chi connectivity index (χ1) is 27.2. The van der Waals surface area contributed by atoms with Crippen LogP contribution in [0.15, 0.2) is 9.05 Å². The number of sulfonamides is 2. The van der Waals surface area contributed by atoms with Crippen LogP contribution in [0, 0.1) is 11.8 Å². The van der Waals surface area contributed by atoms with E-state index in [2.05, 4.69) is 29.7 Å². The van der Waals surface area contributed by atoms with E-state index in [1.165, 1.54) is 64.2 Å². The summed E-state index contributed by atoms with van der Waals surface area (Å²) >= 11 is 0. The van der Waals surface area contributed by atoms with Gasteiger partial charge in [-0.15, -0.1) is 0 Å². The SMILES string of the molecule is CC(C)S(=O)(=O)NCc1noc([C@H](CCCC2CCCCC2)CC(=O)O)n1.CC(C)S(=O)(=O)NCc1noc([C@H](CCCC2CCCCC2)CC(=O)OC(C)(C)C)n1. The number of esters is 1. The van der Waals surface area contributed by atoms with E-state index in [1.807, 2.05) is 20.8 Å². The van der Waals surface area contributed by atoms with Crippen LogP contribution in [0.2, 0.25) is 0 Å². The third-order valence-corrected chi connectivity index (χ3v) is 14.4. The smallest absolute Gasteiger partial charge is 0.307 e. The molecule has 2 saturated carbocycles. The van der Waals surface area contributed by atoms with Gasteiger partial charge >= 0.3 is 11.9 Å². The minimum Gasteiger partial charge on any atom is -0.481 e. The Morgan fingerprint density at radius 3 is 1.47 bits per heavy atom. The van der Waals surface area contributed by atoms with Crippen molar-refractivity contribution in [3.63, 3.8) is 0 Å².